The third-order valence-electron chi connectivity index (χ3n) is 2.17. The number of nitrogens with zero attached hydrogens (tertiary/aromatic N) is 2. The molecule has 0 N–H and O–H groups in total. The molecule has 0 spiro atoms. The number of rotatable bonds is 0. The minimum absolute atomic E-state index is 0. The van der Waals surface area contributed by atoms with Gasteiger partial charge in [-0.2, -0.15) is 0 Å². The Balaban J connectivity index is 0.000000845. The molecule has 0 bridgehead atoms. The number of aromatic nitrogens is 2. The summed E-state index contributed by atoms with van der Waals surface area (Å²) >= 11 is 0. The summed E-state index contributed by atoms with van der Waals surface area (Å²) in [4.78, 5) is 4.27. The van der Waals surface area contributed by atoms with Gasteiger partial charge in [-0.15, -0.1) is 0 Å². The largest absolute Gasteiger partial charge is 1.00 e. The van der Waals surface area contributed by atoms with Crippen molar-refractivity contribution in [2.75, 3.05) is 0 Å². The highest BCUT2D eigenvalue weighted by Gasteiger charge is 2.05. The summed E-state index contributed by atoms with van der Waals surface area (Å²) in [5.74, 6) is 1.04. The second-order valence-corrected chi connectivity index (χ2v) is 2.92. The Labute approximate surface area is 94.6 Å². The van der Waals surface area contributed by atoms with Crippen LogP contribution in [-0.2, 0) is 7.05 Å². The number of halogens is 1. The average molecular weight is 286 g/mol. The van der Waals surface area contributed by atoms with Crippen molar-refractivity contribution >= 4 is 10.9 Å². The fraction of sp³-hybridized carbons (Fsp3) is 0.200. The van der Waals surface area contributed by atoms with Gasteiger partial charge in [0.1, 0.15) is 5.52 Å². The second kappa shape index (κ2) is 4.00. The van der Waals surface area contributed by atoms with Crippen molar-refractivity contribution in [3.63, 3.8) is 0 Å². The molecule has 0 radical (unpaired) electrons. The summed E-state index contributed by atoms with van der Waals surface area (Å²) < 4.78 is 2.09. The molecule has 1 aromatic heterocycles. The molecule has 68 valence electrons. The predicted octanol–water partition coefficient (Wildman–Crippen LogP) is -1.63. The van der Waals surface area contributed by atoms with Crippen LogP contribution in [0.1, 0.15) is 5.82 Å². The smallest absolute Gasteiger partial charge is 0.295 e. The van der Waals surface area contributed by atoms with Crippen molar-refractivity contribution in [3.05, 3.63) is 36.3 Å². The maximum Gasteiger partial charge on any atom is 0.295 e. The predicted molar refractivity (Wildman–Crippen MR) is 47.7 cm³/mol. The Morgan fingerprint density at radius 1 is 1.23 bits per heavy atom. The number of para-hydroxylation sites is 1. The van der Waals surface area contributed by atoms with E-state index in [2.05, 4.69) is 21.7 Å². The monoisotopic (exact) mass is 286 g/mol. The summed E-state index contributed by atoms with van der Waals surface area (Å²) in [6.45, 7) is 2.01. The minimum atomic E-state index is 0. The van der Waals surface area contributed by atoms with Crippen molar-refractivity contribution in [1.82, 2.24) is 4.98 Å². The van der Waals surface area contributed by atoms with Gasteiger partial charge in [-0.25, -0.2) is 4.57 Å². The van der Waals surface area contributed by atoms with E-state index in [0.717, 1.165) is 5.82 Å². The Morgan fingerprint density at radius 3 is 2.69 bits per heavy atom. The molecule has 0 aliphatic heterocycles. The van der Waals surface area contributed by atoms with Crippen LogP contribution in [0, 0.1) is 6.92 Å². The second-order valence-electron chi connectivity index (χ2n) is 2.92. The van der Waals surface area contributed by atoms with E-state index in [1.165, 1.54) is 10.9 Å². The van der Waals surface area contributed by atoms with Crippen molar-refractivity contribution < 1.29 is 28.5 Å². The van der Waals surface area contributed by atoms with E-state index in [9.17, 15) is 0 Å². The molecular weight excluding hydrogens is 275 g/mol. The van der Waals surface area contributed by atoms with Gasteiger partial charge in [-0.3, -0.25) is 0 Å². The summed E-state index contributed by atoms with van der Waals surface area (Å²) in [7, 11) is 2.03. The van der Waals surface area contributed by atoms with Crippen LogP contribution in [0.5, 0.6) is 0 Å². The lowest BCUT2D eigenvalue weighted by Gasteiger charge is -1.97. The van der Waals surface area contributed by atoms with Gasteiger partial charge in [-0.1, -0.05) is 17.1 Å². The van der Waals surface area contributed by atoms with Crippen molar-refractivity contribution in [1.29, 1.82) is 0 Å². The Kier molecular flexibility index (Phi) is 3.19. The van der Waals surface area contributed by atoms with Gasteiger partial charge in [0.25, 0.3) is 5.82 Å². The van der Waals surface area contributed by atoms with Gasteiger partial charge in [0, 0.05) is 6.92 Å². The van der Waals surface area contributed by atoms with Crippen LogP contribution in [0.25, 0.3) is 10.9 Å². The van der Waals surface area contributed by atoms with Crippen LogP contribution < -0.4 is 28.5 Å². The number of fused-ring (bicyclic) bond motifs is 1. The molecule has 0 atom stereocenters. The molecule has 2 aromatic rings. The van der Waals surface area contributed by atoms with E-state index in [1.807, 2.05) is 32.3 Å². The van der Waals surface area contributed by atoms with Crippen LogP contribution in [0.15, 0.2) is 30.5 Å². The van der Waals surface area contributed by atoms with Gasteiger partial charge in [0.2, 0.25) is 0 Å². The molecule has 0 aliphatic carbocycles. The Morgan fingerprint density at radius 2 is 1.92 bits per heavy atom. The topological polar surface area (TPSA) is 16.8 Å². The average Bonchev–Trinajstić information content (AvgIpc) is 2.12. The molecule has 1 aromatic carbocycles. The molecular formula is C10H11IN2. The van der Waals surface area contributed by atoms with Gasteiger partial charge in [0.05, 0.1) is 12.4 Å². The van der Waals surface area contributed by atoms with E-state index in [-0.39, 0.29) is 24.0 Å². The molecule has 0 unspecified atom stereocenters. The molecule has 0 saturated heterocycles. The lowest BCUT2D eigenvalue weighted by molar-refractivity contribution is -0.654. The van der Waals surface area contributed by atoms with E-state index < -0.39 is 0 Å². The molecule has 13 heavy (non-hydrogen) atoms. The standard InChI is InChI=1S/C10H11N2.HI/c1-8-11-7-9-5-3-4-6-10(9)12(8)2;/h3-7H,1-2H3;1H/q+1;/p-1. The fourth-order valence-electron chi connectivity index (χ4n) is 1.33. The SMILES string of the molecule is Cc1ncc2ccccc2[n+]1C.[I-]. The highest BCUT2D eigenvalue weighted by Crippen LogP contribution is 2.06. The summed E-state index contributed by atoms with van der Waals surface area (Å²) in [5.41, 5.74) is 1.23. The van der Waals surface area contributed by atoms with Crippen molar-refractivity contribution in [3.8, 4) is 0 Å². The number of aryl methyl sites for hydroxylation is 2. The van der Waals surface area contributed by atoms with E-state index >= 15 is 0 Å². The zero-order valence-corrected chi connectivity index (χ0v) is 9.82. The fourth-order valence-corrected chi connectivity index (χ4v) is 1.33. The van der Waals surface area contributed by atoms with E-state index in [4.69, 9.17) is 0 Å². The summed E-state index contributed by atoms with van der Waals surface area (Å²) in [6, 6.07) is 8.24. The Hall–Kier alpha value is -0.710. The lowest BCUT2D eigenvalue weighted by Crippen LogP contribution is -3.00. The number of benzene rings is 1. The first-order valence-corrected chi connectivity index (χ1v) is 3.99. The van der Waals surface area contributed by atoms with Crippen LogP contribution >= 0.6 is 0 Å². The minimum Gasteiger partial charge on any atom is -1.00 e. The third-order valence-corrected chi connectivity index (χ3v) is 2.17. The van der Waals surface area contributed by atoms with Crippen LogP contribution in [0.3, 0.4) is 0 Å². The summed E-state index contributed by atoms with van der Waals surface area (Å²) in [6.07, 6.45) is 1.91. The Bertz CT molecular complexity index is 426. The maximum atomic E-state index is 4.27. The molecule has 0 aliphatic rings. The molecule has 0 saturated carbocycles. The van der Waals surface area contributed by atoms with Gasteiger partial charge in [0.15, 0.2) is 6.20 Å². The highest BCUT2D eigenvalue weighted by molar-refractivity contribution is 5.74. The van der Waals surface area contributed by atoms with Crippen LogP contribution in [0.2, 0.25) is 0 Å². The van der Waals surface area contributed by atoms with E-state index in [0.29, 0.717) is 0 Å². The van der Waals surface area contributed by atoms with Crippen LogP contribution in [-0.4, -0.2) is 4.98 Å². The first kappa shape index (κ1) is 10.4. The number of hydrogen-bond donors (Lipinski definition) is 0. The molecule has 0 amide bonds. The zero-order valence-electron chi connectivity index (χ0n) is 7.66. The molecule has 0 fully saturated rings. The first-order chi connectivity index (χ1) is 5.79. The quantitative estimate of drug-likeness (QED) is 0.420. The molecule has 2 nitrogen and oxygen atoms in total. The maximum absolute atomic E-state index is 4.27. The highest BCUT2D eigenvalue weighted by atomic mass is 127. The molecule has 3 heteroatoms. The third kappa shape index (κ3) is 1.80. The zero-order chi connectivity index (χ0) is 8.55. The molecule has 1 heterocycles. The van der Waals surface area contributed by atoms with Gasteiger partial charge >= 0.3 is 0 Å². The lowest BCUT2D eigenvalue weighted by atomic mass is 10.2. The van der Waals surface area contributed by atoms with Crippen LogP contribution in [0.4, 0.5) is 0 Å². The first-order valence-electron chi connectivity index (χ1n) is 3.99. The summed E-state index contributed by atoms with van der Waals surface area (Å²) in [5, 5.41) is 1.19. The normalized spacial score (nSPS) is 9.69. The molecule has 2 rings (SSSR count). The van der Waals surface area contributed by atoms with Crippen molar-refractivity contribution in [2.24, 2.45) is 7.05 Å². The number of hydrogen-bond acceptors (Lipinski definition) is 1. The van der Waals surface area contributed by atoms with Gasteiger partial charge < -0.3 is 24.0 Å². The van der Waals surface area contributed by atoms with Crippen molar-refractivity contribution in [2.45, 2.75) is 6.92 Å². The van der Waals surface area contributed by atoms with Gasteiger partial charge in [-0.05, 0) is 12.1 Å². The van der Waals surface area contributed by atoms with E-state index in [1.54, 1.807) is 0 Å².